The first-order valence-electron chi connectivity index (χ1n) is 6.73. The Morgan fingerprint density at radius 3 is 2.24 bits per heavy atom. The molecule has 1 heteroatoms. The van der Waals surface area contributed by atoms with E-state index >= 15 is 0 Å². The molecular formula is C16H27N. The molecule has 0 amide bonds. The zero-order valence-electron chi connectivity index (χ0n) is 12.2. The molecule has 0 fully saturated rings. The maximum atomic E-state index is 3.64. The van der Waals surface area contributed by atoms with Gasteiger partial charge in [-0.05, 0) is 48.9 Å². The number of benzene rings is 1. The van der Waals surface area contributed by atoms with Crippen LogP contribution in [0.1, 0.15) is 56.8 Å². The summed E-state index contributed by atoms with van der Waals surface area (Å²) >= 11 is 0. The lowest BCUT2D eigenvalue weighted by molar-refractivity contribution is 0.237. The first kappa shape index (κ1) is 14.2. The van der Waals surface area contributed by atoms with Gasteiger partial charge in [-0.2, -0.15) is 0 Å². The van der Waals surface area contributed by atoms with Gasteiger partial charge in [0.1, 0.15) is 0 Å². The Morgan fingerprint density at radius 1 is 1.12 bits per heavy atom. The van der Waals surface area contributed by atoms with Crippen LogP contribution in [0.3, 0.4) is 0 Å². The van der Waals surface area contributed by atoms with Crippen molar-refractivity contribution < 1.29 is 0 Å². The van der Waals surface area contributed by atoms with Gasteiger partial charge in [0.25, 0.3) is 0 Å². The van der Waals surface area contributed by atoms with Crippen LogP contribution in [0.25, 0.3) is 0 Å². The predicted molar refractivity (Wildman–Crippen MR) is 76.4 cm³/mol. The standard InChI is InChI=1S/C16H27N/c1-7-16(5,6)15(17-8-2)14-10-9-12(3)13(4)11-14/h9-11,15,17H,7-8H2,1-6H3. The van der Waals surface area contributed by atoms with Gasteiger partial charge in [0.05, 0.1) is 0 Å². The lowest BCUT2D eigenvalue weighted by Gasteiger charge is -2.35. The minimum absolute atomic E-state index is 0.289. The molecule has 1 atom stereocenters. The molecule has 0 aromatic heterocycles. The molecule has 17 heavy (non-hydrogen) atoms. The van der Waals surface area contributed by atoms with Gasteiger partial charge >= 0.3 is 0 Å². The molecule has 0 saturated heterocycles. The monoisotopic (exact) mass is 233 g/mol. The average Bonchev–Trinajstić information content (AvgIpc) is 2.29. The fourth-order valence-corrected chi connectivity index (χ4v) is 2.20. The highest BCUT2D eigenvalue weighted by Crippen LogP contribution is 2.36. The van der Waals surface area contributed by atoms with E-state index in [0.717, 1.165) is 6.54 Å². The third-order valence-electron chi connectivity index (χ3n) is 3.97. The van der Waals surface area contributed by atoms with Gasteiger partial charge in [-0.25, -0.2) is 0 Å². The maximum Gasteiger partial charge on any atom is 0.0371 e. The van der Waals surface area contributed by atoms with E-state index in [2.05, 4.69) is 65.1 Å². The summed E-state index contributed by atoms with van der Waals surface area (Å²) in [6, 6.07) is 7.28. The highest BCUT2D eigenvalue weighted by atomic mass is 14.9. The number of rotatable bonds is 5. The van der Waals surface area contributed by atoms with Crippen molar-refractivity contribution >= 4 is 0 Å². The van der Waals surface area contributed by atoms with Gasteiger partial charge < -0.3 is 5.32 Å². The van der Waals surface area contributed by atoms with E-state index in [-0.39, 0.29) is 5.41 Å². The number of hydrogen-bond acceptors (Lipinski definition) is 1. The van der Waals surface area contributed by atoms with Crippen LogP contribution >= 0.6 is 0 Å². The van der Waals surface area contributed by atoms with Crippen LogP contribution in [0.2, 0.25) is 0 Å². The third kappa shape index (κ3) is 3.32. The summed E-state index contributed by atoms with van der Waals surface area (Å²) in [5.74, 6) is 0. The fraction of sp³-hybridized carbons (Fsp3) is 0.625. The molecular weight excluding hydrogens is 206 g/mol. The fourth-order valence-electron chi connectivity index (χ4n) is 2.20. The van der Waals surface area contributed by atoms with Gasteiger partial charge in [0.2, 0.25) is 0 Å². The van der Waals surface area contributed by atoms with Crippen molar-refractivity contribution in [1.82, 2.24) is 5.32 Å². The van der Waals surface area contributed by atoms with Crippen LogP contribution in [-0.4, -0.2) is 6.54 Å². The van der Waals surface area contributed by atoms with E-state index < -0.39 is 0 Å². The Kier molecular flexibility index (Phi) is 4.76. The van der Waals surface area contributed by atoms with E-state index in [4.69, 9.17) is 0 Å². The number of aryl methyl sites for hydroxylation is 2. The van der Waals surface area contributed by atoms with Crippen molar-refractivity contribution in [3.63, 3.8) is 0 Å². The van der Waals surface area contributed by atoms with Crippen LogP contribution in [0, 0.1) is 19.3 Å². The molecule has 0 aliphatic carbocycles. The van der Waals surface area contributed by atoms with Crippen molar-refractivity contribution in [2.45, 2.75) is 54.0 Å². The van der Waals surface area contributed by atoms with Crippen molar-refractivity contribution in [3.05, 3.63) is 34.9 Å². The van der Waals surface area contributed by atoms with Crippen molar-refractivity contribution in [2.75, 3.05) is 6.54 Å². The van der Waals surface area contributed by atoms with Gasteiger partial charge in [-0.3, -0.25) is 0 Å². The molecule has 1 N–H and O–H groups in total. The Balaban J connectivity index is 3.09. The lowest BCUT2D eigenvalue weighted by Crippen LogP contribution is -2.33. The van der Waals surface area contributed by atoms with Crippen LogP contribution in [0.15, 0.2) is 18.2 Å². The summed E-state index contributed by atoms with van der Waals surface area (Å²) < 4.78 is 0. The molecule has 0 radical (unpaired) electrons. The molecule has 0 heterocycles. The smallest absolute Gasteiger partial charge is 0.0371 e. The van der Waals surface area contributed by atoms with Gasteiger partial charge in [-0.15, -0.1) is 0 Å². The molecule has 1 aromatic carbocycles. The van der Waals surface area contributed by atoms with E-state index in [9.17, 15) is 0 Å². The van der Waals surface area contributed by atoms with Crippen molar-refractivity contribution in [1.29, 1.82) is 0 Å². The largest absolute Gasteiger partial charge is 0.310 e. The summed E-state index contributed by atoms with van der Waals surface area (Å²) in [6.45, 7) is 14.5. The normalized spacial score (nSPS) is 13.8. The highest BCUT2D eigenvalue weighted by Gasteiger charge is 2.28. The van der Waals surface area contributed by atoms with Crippen LogP contribution in [0.4, 0.5) is 0 Å². The molecule has 0 aliphatic rings. The second kappa shape index (κ2) is 5.68. The molecule has 1 unspecified atom stereocenters. The van der Waals surface area contributed by atoms with E-state index in [0.29, 0.717) is 6.04 Å². The van der Waals surface area contributed by atoms with E-state index in [1.165, 1.54) is 23.1 Å². The minimum atomic E-state index is 0.289. The zero-order chi connectivity index (χ0) is 13.1. The third-order valence-corrected chi connectivity index (χ3v) is 3.97. The summed E-state index contributed by atoms with van der Waals surface area (Å²) in [4.78, 5) is 0. The predicted octanol–water partition coefficient (Wildman–Crippen LogP) is 4.39. The van der Waals surface area contributed by atoms with E-state index in [1.54, 1.807) is 0 Å². The Hall–Kier alpha value is -0.820. The summed E-state index contributed by atoms with van der Waals surface area (Å²) in [5, 5.41) is 3.64. The second-order valence-corrected chi connectivity index (χ2v) is 5.68. The summed E-state index contributed by atoms with van der Waals surface area (Å²) in [6.07, 6.45) is 1.18. The lowest BCUT2D eigenvalue weighted by atomic mass is 9.78. The summed E-state index contributed by atoms with van der Waals surface area (Å²) in [7, 11) is 0. The number of nitrogens with one attached hydrogen (secondary N) is 1. The first-order valence-corrected chi connectivity index (χ1v) is 6.73. The Morgan fingerprint density at radius 2 is 1.76 bits per heavy atom. The molecule has 0 aliphatic heterocycles. The second-order valence-electron chi connectivity index (χ2n) is 5.68. The van der Waals surface area contributed by atoms with Crippen LogP contribution in [0.5, 0.6) is 0 Å². The Bertz CT molecular complexity index is 366. The van der Waals surface area contributed by atoms with Crippen LogP contribution in [-0.2, 0) is 0 Å². The molecule has 0 bridgehead atoms. The van der Waals surface area contributed by atoms with Gasteiger partial charge in [-0.1, -0.05) is 45.9 Å². The molecule has 1 rings (SSSR count). The molecule has 1 nitrogen and oxygen atoms in total. The number of hydrogen-bond donors (Lipinski definition) is 1. The zero-order valence-corrected chi connectivity index (χ0v) is 12.2. The topological polar surface area (TPSA) is 12.0 Å². The molecule has 0 spiro atoms. The first-order chi connectivity index (χ1) is 7.92. The SMILES string of the molecule is CCNC(c1ccc(C)c(C)c1)C(C)(C)CC. The molecule has 1 aromatic rings. The van der Waals surface area contributed by atoms with Gasteiger partial charge in [0.15, 0.2) is 0 Å². The molecule has 96 valence electrons. The van der Waals surface area contributed by atoms with Crippen LogP contribution < -0.4 is 5.32 Å². The van der Waals surface area contributed by atoms with Gasteiger partial charge in [0, 0.05) is 6.04 Å². The minimum Gasteiger partial charge on any atom is -0.310 e. The summed E-state index contributed by atoms with van der Waals surface area (Å²) in [5.41, 5.74) is 4.47. The Labute approximate surface area is 107 Å². The van der Waals surface area contributed by atoms with Crippen molar-refractivity contribution in [3.8, 4) is 0 Å². The molecule has 0 saturated carbocycles. The maximum absolute atomic E-state index is 3.64. The van der Waals surface area contributed by atoms with E-state index in [1.807, 2.05) is 0 Å². The average molecular weight is 233 g/mol. The van der Waals surface area contributed by atoms with Crippen molar-refractivity contribution in [2.24, 2.45) is 5.41 Å². The highest BCUT2D eigenvalue weighted by molar-refractivity contribution is 5.32. The quantitative estimate of drug-likeness (QED) is 0.795.